The summed E-state index contributed by atoms with van der Waals surface area (Å²) in [6.45, 7) is 2.44. The summed E-state index contributed by atoms with van der Waals surface area (Å²) in [5.74, 6) is 0.397. The van der Waals surface area contributed by atoms with Gasteiger partial charge in [-0.1, -0.05) is 37.0 Å². The van der Waals surface area contributed by atoms with Crippen molar-refractivity contribution in [3.63, 3.8) is 0 Å². The van der Waals surface area contributed by atoms with E-state index in [0.717, 1.165) is 30.6 Å². The Morgan fingerprint density at radius 3 is 2.55 bits per heavy atom. The summed E-state index contributed by atoms with van der Waals surface area (Å²) in [7, 11) is 0. The molecule has 2 rings (SSSR count). The molecule has 1 aromatic rings. The van der Waals surface area contributed by atoms with Gasteiger partial charge in [0.25, 0.3) is 0 Å². The Labute approximate surface area is 125 Å². The number of hydrogen-bond donors (Lipinski definition) is 2. The molecule has 1 aliphatic rings. The lowest BCUT2D eigenvalue weighted by Crippen LogP contribution is -2.44. The Kier molecular flexibility index (Phi) is 5.49. The molecule has 0 spiro atoms. The van der Waals surface area contributed by atoms with E-state index in [1.165, 1.54) is 23.7 Å². The summed E-state index contributed by atoms with van der Waals surface area (Å²) in [5.41, 5.74) is 0.543. The Morgan fingerprint density at radius 2 is 1.90 bits per heavy atom. The van der Waals surface area contributed by atoms with Gasteiger partial charge in [0.15, 0.2) is 0 Å². The highest BCUT2D eigenvalue weighted by atomic mass is 32.2. The zero-order valence-electron chi connectivity index (χ0n) is 12.0. The molecule has 2 N–H and O–H groups in total. The van der Waals surface area contributed by atoms with Crippen LogP contribution in [0.1, 0.15) is 37.7 Å². The summed E-state index contributed by atoms with van der Waals surface area (Å²) in [6.07, 6.45) is 4.92. The third-order valence-corrected chi connectivity index (χ3v) is 4.80. The minimum Gasteiger partial charge on any atom is -0.388 e. The quantitative estimate of drug-likeness (QED) is 0.821. The predicted octanol–water partition coefficient (Wildman–Crippen LogP) is 2.90. The smallest absolute Gasteiger partial charge is 0.230 e. The highest BCUT2D eigenvalue weighted by Gasteiger charge is 2.29. The van der Waals surface area contributed by atoms with Crippen LogP contribution >= 0.6 is 11.8 Å². The first-order valence-corrected chi connectivity index (χ1v) is 8.25. The molecule has 0 bridgehead atoms. The lowest BCUT2D eigenvalue weighted by molar-refractivity contribution is -0.120. The van der Waals surface area contributed by atoms with E-state index in [-0.39, 0.29) is 5.91 Å². The number of thioether (sulfide) groups is 1. The van der Waals surface area contributed by atoms with Gasteiger partial charge in [0.1, 0.15) is 0 Å². The number of benzene rings is 1. The van der Waals surface area contributed by atoms with Crippen molar-refractivity contribution in [2.75, 3.05) is 12.3 Å². The minimum absolute atomic E-state index is 0.00502. The van der Waals surface area contributed by atoms with Gasteiger partial charge in [0.2, 0.25) is 5.91 Å². The van der Waals surface area contributed by atoms with Crippen molar-refractivity contribution in [1.82, 2.24) is 5.32 Å². The van der Waals surface area contributed by atoms with Crippen molar-refractivity contribution in [3.05, 3.63) is 29.8 Å². The Morgan fingerprint density at radius 1 is 1.25 bits per heavy atom. The van der Waals surface area contributed by atoms with Crippen molar-refractivity contribution in [3.8, 4) is 0 Å². The van der Waals surface area contributed by atoms with E-state index in [4.69, 9.17) is 0 Å². The molecule has 0 heterocycles. The maximum absolute atomic E-state index is 11.8. The number of amides is 1. The van der Waals surface area contributed by atoms with Gasteiger partial charge in [-0.15, -0.1) is 11.8 Å². The predicted molar refractivity (Wildman–Crippen MR) is 82.9 cm³/mol. The molecule has 0 radical (unpaired) electrons. The molecule has 4 heteroatoms. The number of carbonyl (C=O) groups is 1. The fraction of sp³-hybridized carbons (Fsp3) is 0.562. The molecule has 20 heavy (non-hydrogen) atoms. The molecule has 0 saturated heterocycles. The molecule has 0 unspecified atom stereocenters. The number of hydrogen-bond acceptors (Lipinski definition) is 3. The third kappa shape index (κ3) is 4.84. The molecular weight excluding hydrogens is 270 g/mol. The van der Waals surface area contributed by atoms with Crippen molar-refractivity contribution in [2.45, 2.75) is 49.5 Å². The van der Waals surface area contributed by atoms with Crippen LogP contribution in [0, 0.1) is 6.92 Å². The molecule has 0 atom stereocenters. The van der Waals surface area contributed by atoms with Crippen LogP contribution in [-0.4, -0.2) is 28.9 Å². The molecular formula is C16H23NO2S. The van der Waals surface area contributed by atoms with E-state index in [1.807, 2.05) is 31.2 Å². The minimum atomic E-state index is -0.678. The van der Waals surface area contributed by atoms with E-state index in [9.17, 15) is 9.90 Å². The van der Waals surface area contributed by atoms with Crippen LogP contribution in [0.3, 0.4) is 0 Å². The van der Waals surface area contributed by atoms with Gasteiger partial charge in [0.05, 0.1) is 11.4 Å². The Balaban J connectivity index is 1.71. The van der Waals surface area contributed by atoms with Crippen LogP contribution in [0.5, 0.6) is 0 Å². The van der Waals surface area contributed by atoms with Gasteiger partial charge < -0.3 is 10.4 Å². The van der Waals surface area contributed by atoms with Crippen molar-refractivity contribution in [2.24, 2.45) is 0 Å². The molecule has 1 aliphatic carbocycles. The molecule has 1 fully saturated rings. The van der Waals surface area contributed by atoms with Crippen molar-refractivity contribution in [1.29, 1.82) is 0 Å². The van der Waals surface area contributed by atoms with Crippen molar-refractivity contribution >= 4 is 17.7 Å². The van der Waals surface area contributed by atoms with Gasteiger partial charge in [0, 0.05) is 11.4 Å². The van der Waals surface area contributed by atoms with Crippen LogP contribution in [0.25, 0.3) is 0 Å². The van der Waals surface area contributed by atoms with Crippen LogP contribution in [0.2, 0.25) is 0 Å². The number of rotatable bonds is 5. The fourth-order valence-electron chi connectivity index (χ4n) is 2.48. The van der Waals surface area contributed by atoms with Gasteiger partial charge >= 0.3 is 0 Å². The lowest BCUT2D eigenvalue weighted by atomic mass is 9.85. The average molecular weight is 293 g/mol. The van der Waals surface area contributed by atoms with Gasteiger partial charge in [-0.25, -0.2) is 0 Å². The second-order valence-corrected chi connectivity index (χ2v) is 6.71. The van der Waals surface area contributed by atoms with Gasteiger partial charge in [-0.05, 0) is 31.9 Å². The molecule has 1 amide bonds. The Bertz CT molecular complexity index is 438. The van der Waals surface area contributed by atoms with Gasteiger partial charge in [-0.2, -0.15) is 0 Å². The molecule has 0 aliphatic heterocycles. The molecule has 1 saturated carbocycles. The summed E-state index contributed by atoms with van der Waals surface area (Å²) < 4.78 is 0. The van der Waals surface area contributed by atoms with Crippen molar-refractivity contribution < 1.29 is 9.90 Å². The zero-order valence-corrected chi connectivity index (χ0v) is 12.8. The van der Waals surface area contributed by atoms with E-state index < -0.39 is 5.60 Å². The van der Waals surface area contributed by atoms with Crippen LogP contribution in [0.4, 0.5) is 0 Å². The van der Waals surface area contributed by atoms with E-state index >= 15 is 0 Å². The maximum atomic E-state index is 11.8. The standard InChI is InChI=1S/C16H23NO2S/c1-13-5-7-14(8-6-13)20-11-15(18)17-12-16(19)9-3-2-4-10-16/h5-8,19H,2-4,9-12H2,1H3,(H,17,18). The largest absolute Gasteiger partial charge is 0.388 e. The first-order chi connectivity index (χ1) is 9.57. The fourth-order valence-corrected chi connectivity index (χ4v) is 3.21. The first kappa shape index (κ1) is 15.4. The highest BCUT2D eigenvalue weighted by molar-refractivity contribution is 8.00. The average Bonchev–Trinajstić information content (AvgIpc) is 2.45. The molecule has 1 aromatic carbocycles. The van der Waals surface area contributed by atoms with Crippen LogP contribution < -0.4 is 5.32 Å². The monoisotopic (exact) mass is 293 g/mol. The van der Waals surface area contributed by atoms with Crippen LogP contribution in [0.15, 0.2) is 29.2 Å². The zero-order chi connectivity index (χ0) is 14.4. The third-order valence-electron chi connectivity index (χ3n) is 3.79. The van der Waals surface area contributed by atoms with Crippen LogP contribution in [-0.2, 0) is 4.79 Å². The van der Waals surface area contributed by atoms with Gasteiger partial charge in [-0.3, -0.25) is 4.79 Å². The SMILES string of the molecule is Cc1ccc(SCC(=O)NCC2(O)CCCCC2)cc1. The summed E-state index contributed by atoms with van der Waals surface area (Å²) in [5, 5.41) is 13.2. The summed E-state index contributed by atoms with van der Waals surface area (Å²) >= 11 is 1.53. The maximum Gasteiger partial charge on any atom is 0.230 e. The molecule has 110 valence electrons. The Hall–Kier alpha value is -1.00. The highest BCUT2D eigenvalue weighted by Crippen LogP contribution is 2.27. The summed E-state index contributed by atoms with van der Waals surface area (Å²) in [6, 6.07) is 8.15. The lowest BCUT2D eigenvalue weighted by Gasteiger charge is -2.32. The normalized spacial score (nSPS) is 17.7. The number of nitrogens with one attached hydrogen (secondary N) is 1. The molecule has 0 aromatic heterocycles. The number of aryl methyl sites for hydroxylation is 1. The number of carbonyl (C=O) groups excluding carboxylic acids is 1. The second kappa shape index (κ2) is 7.14. The summed E-state index contributed by atoms with van der Waals surface area (Å²) in [4.78, 5) is 12.9. The van der Waals surface area contributed by atoms with E-state index in [0.29, 0.717) is 12.3 Å². The van der Waals surface area contributed by atoms with E-state index in [1.54, 1.807) is 0 Å². The first-order valence-electron chi connectivity index (χ1n) is 7.26. The second-order valence-electron chi connectivity index (χ2n) is 5.66. The molecule has 3 nitrogen and oxygen atoms in total. The van der Waals surface area contributed by atoms with E-state index in [2.05, 4.69) is 5.32 Å². The topological polar surface area (TPSA) is 49.3 Å². The number of aliphatic hydroxyl groups is 1.